The molecule has 68 valence electrons. The summed E-state index contributed by atoms with van der Waals surface area (Å²) in [4.78, 5) is 1.38. The molecular weight excluding hydrogens is 188 g/mol. The summed E-state index contributed by atoms with van der Waals surface area (Å²) in [5.41, 5.74) is 0. The summed E-state index contributed by atoms with van der Waals surface area (Å²) >= 11 is 8.16. The molecule has 1 aliphatic heterocycles. The van der Waals surface area contributed by atoms with Gasteiger partial charge >= 0.3 is 0 Å². The Morgan fingerprint density at radius 1 is 1.50 bits per heavy atom. The molecule has 12 heavy (non-hydrogen) atoms. The number of fused-ring (bicyclic) bond motifs is 1. The van der Waals surface area contributed by atoms with E-state index in [2.05, 4.69) is 13.5 Å². The molecule has 1 saturated heterocycles. The van der Waals surface area contributed by atoms with Crippen LogP contribution in [0.1, 0.15) is 26.2 Å². The molecule has 0 aromatic carbocycles. The van der Waals surface area contributed by atoms with Gasteiger partial charge in [-0.05, 0) is 36.0 Å². The zero-order chi connectivity index (χ0) is 8.72. The Hall–Kier alpha value is 0.380. The van der Waals surface area contributed by atoms with Gasteiger partial charge in [0.2, 0.25) is 0 Å². The maximum atomic E-state index is 6.16. The summed E-state index contributed by atoms with van der Waals surface area (Å²) in [6.45, 7) is 6.40. The van der Waals surface area contributed by atoms with E-state index < -0.39 is 0 Å². The van der Waals surface area contributed by atoms with Crippen molar-refractivity contribution in [1.82, 2.24) is 0 Å². The smallest absolute Gasteiger partial charge is 0.0339 e. The molecule has 4 atom stereocenters. The first-order valence-corrected chi connectivity index (χ1v) is 5.99. The van der Waals surface area contributed by atoms with Crippen LogP contribution in [-0.4, -0.2) is 10.6 Å². The van der Waals surface area contributed by atoms with Crippen LogP contribution in [0, 0.1) is 11.8 Å². The molecule has 0 aromatic rings. The fourth-order valence-corrected chi connectivity index (χ4v) is 4.22. The lowest BCUT2D eigenvalue weighted by Gasteiger charge is -2.29. The van der Waals surface area contributed by atoms with E-state index >= 15 is 0 Å². The quantitative estimate of drug-likeness (QED) is 0.541. The van der Waals surface area contributed by atoms with Crippen molar-refractivity contribution in [1.29, 1.82) is 0 Å². The largest absolute Gasteiger partial charge is 0.127 e. The summed E-state index contributed by atoms with van der Waals surface area (Å²) in [6, 6.07) is 0. The molecular formula is C10H15ClS. The first-order valence-electron chi connectivity index (χ1n) is 4.68. The molecule has 4 unspecified atom stereocenters. The Kier molecular flexibility index (Phi) is 2.44. The molecule has 0 bridgehead atoms. The van der Waals surface area contributed by atoms with Crippen molar-refractivity contribution in [3.8, 4) is 0 Å². The van der Waals surface area contributed by atoms with E-state index in [-0.39, 0.29) is 0 Å². The number of hydrogen-bond acceptors (Lipinski definition) is 1. The van der Waals surface area contributed by atoms with E-state index in [1.54, 1.807) is 0 Å². The van der Waals surface area contributed by atoms with Gasteiger partial charge in [-0.25, -0.2) is 0 Å². The van der Waals surface area contributed by atoms with Crippen molar-refractivity contribution < 1.29 is 0 Å². The predicted octanol–water partition coefficient (Wildman–Crippen LogP) is 3.66. The van der Waals surface area contributed by atoms with Gasteiger partial charge in [0.1, 0.15) is 0 Å². The Morgan fingerprint density at radius 2 is 2.25 bits per heavy atom. The summed E-state index contributed by atoms with van der Waals surface area (Å²) in [5.74, 6) is 1.51. The predicted molar refractivity (Wildman–Crippen MR) is 56.7 cm³/mol. The average molecular weight is 203 g/mol. The highest BCUT2D eigenvalue weighted by Gasteiger charge is 2.40. The summed E-state index contributed by atoms with van der Waals surface area (Å²) < 4.78 is 0. The van der Waals surface area contributed by atoms with Gasteiger partial charge in [-0.3, -0.25) is 0 Å². The minimum absolute atomic E-state index is 0.431. The Morgan fingerprint density at radius 3 is 3.00 bits per heavy atom. The van der Waals surface area contributed by atoms with E-state index in [1.807, 2.05) is 11.8 Å². The fourth-order valence-electron chi connectivity index (χ4n) is 2.34. The highest BCUT2D eigenvalue weighted by atomic mass is 35.5. The van der Waals surface area contributed by atoms with Gasteiger partial charge in [0.15, 0.2) is 0 Å². The van der Waals surface area contributed by atoms with Crippen molar-refractivity contribution in [2.45, 2.75) is 36.8 Å². The van der Waals surface area contributed by atoms with Crippen LogP contribution in [0.15, 0.2) is 11.5 Å². The maximum absolute atomic E-state index is 6.16. The van der Waals surface area contributed by atoms with Crippen LogP contribution in [0.25, 0.3) is 0 Å². The molecule has 0 N–H and O–H groups in total. The Bertz CT molecular complexity index is 202. The van der Waals surface area contributed by atoms with Crippen LogP contribution in [0.5, 0.6) is 0 Å². The number of rotatable bonds is 0. The van der Waals surface area contributed by atoms with Crippen LogP contribution in [0.3, 0.4) is 0 Å². The highest BCUT2D eigenvalue weighted by molar-refractivity contribution is 8.04. The van der Waals surface area contributed by atoms with Crippen molar-refractivity contribution in [2.24, 2.45) is 11.8 Å². The molecule has 1 heterocycles. The van der Waals surface area contributed by atoms with Gasteiger partial charge < -0.3 is 0 Å². The van der Waals surface area contributed by atoms with Crippen LogP contribution < -0.4 is 0 Å². The van der Waals surface area contributed by atoms with Crippen LogP contribution >= 0.6 is 23.4 Å². The molecule has 0 amide bonds. The Balaban J connectivity index is 2.10. The van der Waals surface area contributed by atoms with Gasteiger partial charge in [-0.1, -0.05) is 13.5 Å². The van der Waals surface area contributed by atoms with E-state index in [1.165, 1.54) is 24.2 Å². The molecule has 2 aliphatic rings. The lowest BCUT2D eigenvalue weighted by molar-refractivity contribution is 0.326. The molecule has 1 aliphatic carbocycles. The average Bonchev–Trinajstić information content (AvgIpc) is 2.31. The number of halogens is 1. The SMILES string of the molecule is C=C1SC2CCC(Cl)CC2C1C. The molecule has 0 nitrogen and oxygen atoms in total. The topological polar surface area (TPSA) is 0 Å². The van der Waals surface area contributed by atoms with Gasteiger partial charge in [0, 0.05) is 10.6 Å². The molecule has 2 fully saturated rings. The molecule has 0 radical (unpaired) electrons. The second-order valence-electron chi connectivity index (χ2n) is 3.99. The van der Waals surface area contributed by atoms with Gasteiger partial charge in [0.05, 0.1) is 0 Å². The van der Waals surface area contributed by atoms with Crippen molar-refractivity contribution in [3.63, 3.8) is 0 Å². The summed E-state index contributed by atoms with van der Waals surface area (Å²) in [6.07, 6.45) is 3.71. The van der Waals surface area contributed by atoms with Gasteiger partial charge in [0.25, 0.3) is 0 Å². The second-order valence-corrected chi connectivity index (χ2v) is 5.97. The number of allylic oxidation sites excluding steroid dienone is 1. The van der Waals surface area contributed by atoms with Crippen LogP contribution in [0.2, 0.25) is 0 Å². The van der Waals surface area contributed by atoms with Crippen LogP contribution in [-0.2, 0) is 0 Å². The molecule has 0 spiro atoms. The lowest BCUT2D eigenvalue weighted by Crippen LogP contribution is -2.26. The lowest BCUT2D eigenvalue weighted by atomic mass is 9.81. The zero-order valence-corrected chi connectivity index (χ0v) is 9.00. The maximum Gasteiger partial charge on any atom is 0.0339 e. The molecule has 0 aromatic heterocycles. The van der Waals surface area contributed by atoms with Crippen LogP contribution in [0.4, 0.5) is 0 Å². The van der Waals surface area contributed by atoms with E-state index in [4.69, 9.17) is 11.6 Å². The van der Waals surface area contributed by atoms with Gasteiger partial charge in [-0.2, -0.15) is 0 Å². The fraction of sp³-hybridized carbons (Fsp3) is 0.800. The standard InChI is InChI=1S/C10H15ClS/c1-6-7(2)12-10-4-3-8(11)5-9(6)10/h6,8-10H,2-5H2,1H3. The monoisotopic (exact) mass is 202 g/mol. The Labute approximate surface area is 83.7 Å². The summed E-state index contributed by atoms with van der Waals surface area (Å²) in [7, 11) is 0. The first kappa shape index (κ1) is 8.96. The van der Waals surface area contributed by atoms with Crippen molar-refractivity contribution in [3.05, 3.63) is 11.5 Å². The highest BCUT2D eigenvalue weighted by Crippen LogP contribution is 2.51. The number of hydrogen-bond donors (Lipinski definition) is 0. The number of alkyl halides is 1. The van der Waals surface area contributed by atoms with E-state index in [0.717, 1.165) is 11.2 Å². The third-order valence-electron chi connectivity index (χ3n) is 3.22. The number of thioether (sulfide) groups is 1. The minimum atomic E-state index is 0.431. The molecule has 2 rings (SSSR count). The second kappa shape index (κ2) is 3.26. The van der Waals surface area contributed by atoms with Crippen molar-refractivity contribution >= 4 is 23.4 Å². The van der Waals surface area contributed by atoms with E-state index in [9.17, 15) is 0 Å². The molecule has 2 heteroatoms. The normalized spacial score (nSPS) is 47.7. The van der Waals surface area contributed by atoms with E-state index in [0.29, 0.717) is 11.3 Å². The molecule has 1 saturated carbocycles. The van der Waals surface area contributed by atoms with Crippen molar-refractivity contribution in [2.75, 3.05) is 0 Å². The minimum Gasteiger partial charge on any atom is -0.127 e. The first-order chi connectivity index (χ1) is 5.68. The zero-order valence-electron chi connectivity index (χ0n) is 7.42. The third kappa shape index (κ3) is 1.42. The summed E-state index contributed by atoms with van der Waals surface area (Å²) in [5, 5.41) is 1.27. The third-order valence-corrected chi connectivity index (χ3v) is 5.18. The van der Waals surface area contributed by atoms with Gasteiger partial charge in [-0.15, -0.1) is 23.4 Å².